The summed E-state index contributed by atoms with van der Waals surface area (Å²) in [6.07, 6.45) is 1.43. The number of nitrogens with zero attached hydrogens (tertiary/aromatic N) is 2. The van der Waals surface area contributed by atoms with Crippen LogP contribution in [-0.4, -0.2) is 28.5 Å². The summed E-state index contributed by atoms with van der Waals surface area (Å²) in [7, 11) is 0. The number of nitrogens with one attached hydrogen (secondary N) is 1. The normalized spacial score (nSPS) is 10.6. The van der Waals surface area contributed by atoms with Crippen molar-refractivity contribution in [3.8, 4) is 0 Å². The Hall–Kier alpha value is -1.52. The number of hydrogen-bond acceptors (Lipinski definition) is 4. The van der Waals surface area contributed by atoms with Gasteiger partial charge in [-0.15, -0.1) is 4.68 Å². The Balaban J connectivity index is 2.94. The van der Waals surface area contributed by atoms with Crippen LogP contribution in [0.1, 0.15) is 39.8 Å². The van der Waals surface area contributed by atoms with E-state index in [9.17, 15) is 4.79 Å². The lowest BCUT2D eigenvalue weighted by molar-refractivity contribution is 0.151. The summed E-state index contributed by atoms with van der Waals surface area (Å²) >= 11 is 0. The lowest BCUT2D eigenvalue weighted by Crippen LogP contribution is -2.20. The van der Waals surface area contributed by atoms with Gasteiger partial charge in [-0.25, -0.2) is 4.79 Å². The fourth-order valence-electron chi connectivity index (χ4n) is 1.53. The summed E-state index contributed by atoms with van der Waals surface area (Å²) in [5.41, 5.74) is 0.906. The molecule has 1 heterocycles. The molecule has 1 N–H and O–H groups in total. The molecule has 1 aromatic rings. The molecule has 0 unspecified atom stereocenters. The van der Waals surface area contributed by atoms with Gasteiger partial charge >= 0.3 is 6.09 Å². The monoisotopic (exact) mass is 239 g/mol. The summed E-state index contributed by atoms with van der Waals surface area (Å²) in [6, 6.07) is 2.15. The quantitative estimate of drug-likeness (QED) is 0.858. The highest BCUT2D eigenvalue weighted by molar-refractivity contribution is 5.74. The van der Waals surface area contributed by atoms with Crippen LogP contribution in [0.25, 0.3) is 0 Å². The van der Waals surface area contributed by atoms with Crippen LogP contribution in [0.3, 0.4) is 0 Å². The van der Waals surface area contributed by atoms with Gasteiger partial charge in [0, 0.05) is 12.1 Å². The van der Waals surface area contributed by atoms with Gasteiger partial charge in [0.15, 0.2) is 0 Å². The smallest absolute Gasteiger partial charge is 0.436 e. The maximum Gasteiger partial charge on any atom is 0.436 e. The van der Waals surface area contributed by atoms with Crippen LogP contribution in [0.15, 0.2) is 6.07 Å². The maximum atomic E-state index is 11.7. The molecule has 0 aliphatic rings. The minimum absolute atomic E-state index is 0.245. The maximum absolute atomic E-state index is 11.7. The van der Waals surface area contributed by atoms with Crippen LogP contribution in [0, 0.1) is 0 Å². The zero-order valence-electron chi connectivity index (χ0n) is 11.0. The van der Waals surface area contributed by atoms with E-state index in [-0.39, 0.29) is 6.04 Å². The molecular weight excluding hydrogens is 218 g/mol. The minimum atomic E-state index is -0.432. The van der Waals surface area contributed by atoms with Crippen LogP contribution in [0.5, 0.6) is 0 Å². The molecule has 0 saturated heterocycles. The average molecular weight is 239 g/mol. The van der Waals surface area contributed by atoms with Crippen LogP contribution in [-0.2, 0) is 11.2 Å². The van der Waals surface area contributed by atoms with Crippen LogP contribution < -0.4 is 5.32 Å². The van der Waals surface area contributed by atoms with Crippen LogP contribution >= 0.6 is 0 Å². The van der Waals surface area contributed by atoms with Crippen molar-refractivity contribution in [1.82, 2.24) is 9.78 Å². The van der Waals surface area contributed by atoms with E-state index in [1.807, 2.05) is 19.9 Å². The molecule has 17 heavy (non-hydrogen) atoms. The number of hydrogen-bond donors (Lipinski definition) is 1. The van der Waals surface area contributed by atoms with E-state index < -0.39 is 6.09 Å². The molecule has 0 aromatic carbocycles. The topological polar surface area (TPSA) is 56.2 Å². The second-order valence-corrected chi connectivity index (χ2v) is 4.18. The Bertz CT molecular complexity index is 372. The van der Waals surface area contributed by atoms with E-state index >= 15 is 0 Å². The van der Waals surface area contributed by atoms with Gasteiger partial charge in [-0.3, -0.25) is 0 Å². The first-order chi connectivity index (χ1) is 8.08. The molecule has 96 valence electrons. The third-order valence-corrected chi connectivity index (χ3v) is 2.14. The number of aromatic nitrogens is 2. The molecule has 0 spiro atoms. The molecule has 0 aliphatic carbocycles. The van der Waals surface area contributed by atoms with E-state index in [1.54, 1.807) is 6.92 Å². The van der Waals surface area contributed by atoms with Crippen molar-refractivity contribution in [2.45, 2.75) is 46.6 Å². The van der Waals surface area contributed by atoms with Crippen molar-refractivity contribution < 1.29 is 9.53 Å². The zero-order valence-corrected chi connectivity index (χ0v) is 11.0. The number of carbonyl (C=O) groups excluding carboxylic acids is 1. The summed E-state index contributed by atoms with van der Waals surface area (Å²) in [5.74, 6) is 0.696. The highest BCUT2D eigenvalue weighted by Gasteiger charge is 2.15. The largest absolute Gasteiger partial charge is 0.448 e. The van der Waals surface area contributed by atoms with E-state index in [0.29, 0.717) is 12.4 Å². The first-order valence-electron chi connectivity index (χ1n) is 6.11. The predicted molar refractivity (Wildman–Crippen MR) is 67.4 cm³/mol. The Kier molecular flexibility index (Phi) is 5.00. The van der Waals surface area contributed by atoms with Crippen molar-refractivity contribution in [2.75, 3.05) is 11.9 Å². The van der Waals surface area contributed by atoms with Gasteiger partial charge in [-0.2, -0.15) is 5.10 Å². The van der Waals surface area contributed by atoms with E-state index in [0.717, 1.165) is 18.5 Å². The van der Waals surface area contributed by atoms with E-state index in [2.05, 4.69) is 17.3 Å². The summed E-state index contributed by atoms with van der Waals surface area (Å²) in [4.78, 5) is 11.7. The minimum Gasteiger partial charge on any atom is -0.448 e. The standard InChI is InChI=1S/C12H21N3O2/c1-5-7-10-8-11(13-9(3)4)15(14-10)12(16)17-6-2/h8-9,13H,5-7H2,1-4H3. The second-order valence-electron chi connectivity index (χ2n) is 4.18. The highest BCUT2D eigenvalue weighted by atomic mass is 16.6. The predicted octanol–water partition coefficient (Wildman–Crippen LogP) is 2.66. The SMILES string of the molecule is CCCc1cc(NC(C)C)n(C(=O)OCC)n1. The first-order valence-corrected chi connectivity index (χ1v) is 6.11. The highest BCUT2D eigenvalue weighted by Crippen LogP contribution is 2.14. The van der Waals surface area contributed by atoms with Crippen molar-refractivity contribution >= 4 is 11.9 Å². The molecular formula is C12H21N3O2. The van der Waals surface area contributed by atoms with Gasteiger partial charge in [0.05, 0.1) is 12.3 Å². The molecule has 0 radical (unpaired) electrons. The Morgan fingerprint density at radius 3 is 2.76 bits per heavy atom. The van der Waals surface area contributed by atoms with Gasteiger partial charge in [-0.1, -0.05) is 13.3 Å². The van der Waals surface area contributed by atoms with Gasteiger partial charge in [0.25, 0.3) is 0 Å². The van der Waals surface area contributed by atoms with E-state index in [4.69, 9.17) is 4.74 Å². The number of carbonyl (C=O) groups is 1. The van der Waals surface area contributed by atoms with Crippen LogP contribution in [0.4, 0.5) is 10.6 Å². The fourth-order valence-corrected chi connectivity index (χ4v) is 1.53. The number of ether oxygens (including phenoxy) is 1. The second kappa shape index (κ2) is 6.27. The van der Waals surface area contributed by atoms with Crippen molar-refractivity contribution in [3.05, 3.63) is 11.8 Å². The number of aryl methyl sites for hydroxylation is 1. The molecule has 0 bridgehead atoms. The molecule has 0 saturated carbocycles. The molecule has 5 nitrogen and oxygen atoms in total. The molecule has 0 atom stereocenters. The Morgan fingerprint density at radius 1 is 1.53 bits per heavy atom. The van der Waals surface area contributed by atoms with Gasteiger partial charge in [-0.05, 0) is 27.2 Å². The molecule has 5 heteroatoms. The molecule has 0 aliphatic heterocycles. The Morgan fingerprint density at radius 2 is 2.24 bits per heavy atom. The van der Waals surface area contributed by atoms with Crippen molar-refractivity contribution in [1.29, 1.82) is 0 Å². The van der Waals surface area contributed by atoms with Crippen molar-refractivity contribution in [2.24, 2.45) is 0 Å². The van der Waals surface area contributed by atoms with Crippen LogP contribution in [0.2, 0.25) is 0 Å². The molecule has 1 rings (SSSR count). The van der Waals surface area contributed by atoms with Gasteiger partial charge in [0.1, 0.15) is 5.82 Å². The molecule has 0 fully saturated rings. The summed E-state index contributed by atoms with van der Waals surface area (Å²) in [6.45, 7) is 8.25. The summed E-state index contributed by atoms with van der Waals surface area (Å²) in [5, 5.41) is 7.44. The fraction of sp³-hybridized carbons (Fsp3) is 0.667. The average Bonchev–Trinajstić information content (AvgIpc) is 2.61. The van der Waals surface area contributed by atoms with Gasteiger partial charge < -0.3 is 10.1 Å². The third kappa shape index (κ3) is 3.76. The Labute approximate surface area is 102 Å². The number of anilines is 1. The van der Waals surface area contributed by atoms with E-state index in [1.165, 1.54) is 4.68 Å². The lowest BCUT2D eigenvalue weighted by Gasteiger charge is -2.10. The number of rotatable bonds is 5. The lowest BCUT2D eigenvalue weighted by atomic mass is 10.2. The zero-order chi connectivity index (χ0) is 12.8. The summed E-state index contributed by atoms with van der Waals surface area (Å²) < 4.78 is 6.26. The first kappa shape index (κ1) is 13.5. The molecule has 1 aromatic heterocycles. The molecule has 0 amide bonds. The third-order valence-electron chi connectivity index (χ3n) is 2.14. The van der Waals surface area contributed by atoms with Gasteiger partial charge in [0.2, 0.25) is 0 Å². The van der Waals surface area contributed by atoms with Crippen molar-refractivity contribution in [3.63, 3.8) is 0 Å².